The van der Waals surface area contributed by atoms with Gasteiger partial charge in [-0.2, -0.15) is 0 Å². The van der Waals surface area contributed by atoms with E-state index in [1.165, 1.54) is 67.1 Å². The highest BCUT2D eigenvalue weighted by atomic mass is 16.2. The van der Waals surface area contributed by atoms with Gasteiger partial charge < -0.3 is 10.0 Å². The van der Waals surface area contributed by atoms with Crippen LogP contribution in [0.15, 0.2) is 36.4 Å². The van der Waals surface area contributed by atoms with Crippen LogP contribution in [0, 0.1) is 13.8 Å². The minimum atomic E-state index is -0.0819. The van der Waals surface area contributed by atoms with Crippen LogP contribution in [0.1, 0.15) is 97.0 Å². The van der Waals surface area contributed by atoms with Gasteiger partial charge in [0.05, 0.1) is 17.1 Å². The Bertz CT molecular complexity index is 1250. The molecule has 0 radical (unpaired) electrons. The number of nitrogens with zero attached hydrogens (tertiary/aromatic N) is 1. The molecule has 0 aliphatic carbocycles. The number of rotatable bonds is 3. The topological polar surface area (TPSA) is 23.5 Å². The summed E-state index contributed by atoms with van der Waals surface area (Å²) in [4.78, 5) is 2.63. The zero-order valence-electron chi connectivity index (χ0n) is 21.1. The van der Waals surface area contributed by atoms with Gasteiger partial charge in [-0.15, -0.1) is 0 Å². The molecular weight excluding hydrogens is 402 g/mol. The van der Waals surface area contributed by atoms with Crippen LogP contribution in [-0.4, -0.2) is 11.7 Å². The lowest BCUT2D eigenvalue weighted by Gasteiger charge is -2.53. The van der Waals surface area contributed by atoms with E-state index in [-0.39, 0.29) is 17.4 Å². The molecule has 3 aromatic carbocycles. The second kappa shape index (κ2) is 6.51. The van der Waals surface area contributed by atoms with Crippen LogP contribution in [0.5, 0.6) is 0 Å². The average Bonchev–Trinajstić information content (AvgIpc) is 2.76. The smallest absolute Gasteiger partial charge is 0.0544 e. The van der Waals surface area contributed by atoms with Crippen LogP contribution in [0.3, 0.4) is 0 Å². The van der Waals surface area contributed by atoms with Crippen molar-refractivity contribution in [3.05, 3.63) is 86.5 Å². The zero-order valence-corrected chi connectivity index (χ0v) is 21.1. The molecule has 0 saturated carbocycles. The van der Waals surface area contributed by atoms with E-state index in [4.69, 9.17) is 0 Å². The van der Waals surface area contributed by atoms with Crippen molar-refractivity contribution < 1.29 is 5.11 Å². The quantitative estimate of drug-likeness (QED) is 0.460. The first-order valence-electron chi connectivity index (χ1n) is 12.5. The van der Waals surface area contributed by atoms with Gasteiger partial charge in [-0.25, -0.2) is 0 Å². The van der Waals surface area contributed by atoms with Crippen molar-refractivity contribution in [2.24, 2.45) is 0 Å². The maximum atomic E-state index is 9.53. The van der Waals surface area contributed by atoms with E-state index < -0.39 is 0 Å². The van der Waals surface area contributed by atoms with E-state index in [1.807, 2.05) is 0 Å². The van der Waals surface area contributed by atoms with Crippen LogP contribution in [0.25, 0.3) is 0 Å². The van der Waals surface area contributed by atoms with E-state index in [0.29, 0.717) is 5.92 Å². The molecule has 2 heteroatoms. The molecule has 3 aromatic rings. The Hall–Kier alpha value is -2.58. The van der Waals surface area contributed by atoms with E-state index in [0.717, 1.165) is 12.8 Å². The summed E-state index contributed by atoms with van der Waals surface area (Å²) < 4.78 is 0. The Morgan fingerprint density at radius 1 is 0.727 bits per heavy atom. The lowest BCUT2D eigenvalue weighted by molar-refractivity contribution is 0.288. The molecule has 0 atom stereocenters. The first-order valence-corrected chi connectivity index (χ1v) is 12.5. The van der Waals surface area contributed by atoms with Crippen LogP contribution in [0.4, 0.5) is 17.1 Å². The van der Waals surface area contributed by atoms with Gasteiger partial charge in [-0.3, -0.25) is 0 Å². The minimum absolute atomic E-state index is 0.0819. The second-order valence-corrected chi connectivity index (χ2v) is 11.7. The summed E-state index contributed by atoms with van der Waals surface area (Å²) in [5.41, 5.74) is 16.8. The molecule has 3 aliphatic heterocycles. The minimum Gasteiger partial charge on any atom is -0.396 e. The SMILES string of the molecule is Cc1cc2c3c(c1)C(C)(C)c1cc(CCCO)cc4c1N3c1c(cc(C)cc1C4(C)C)C2C. The highest BCUT2D eigenvalue weighted by Crippen LogP contribution is 2.65. The number of hydrogen-bond acceptors (Lipinski definition) is 2. The maximum Gasteiger partial charge on any atom is 0.0544 e. The number of aliphatic hydroxyl groups is 1. The Morgan fingerprint density at radius 2 is 1.18 bits per heavy atom. The fraction of sp³-hybridized carbons (Fsp3) is 0.419. The van der Waals surface area contributed by atoms with E-state index in [2.05, 4.69) is 89.8 Å². The number of hydrogen-bond donors (Lipinski definition) is 1. The predicted octanol–water partition coefficient (Wildman–Crippen LogP) is 7.44. The monoisotopic (exact) mass is 437 g/mol. The van der Waals surface area contributed by atoms with Gasteiger partial charge in [0.1, 0.15) is 0 Å². The standard InChI is InChI=1S/C31H35NO/c1-17-11-21-19(3)22-12-18(2)14-24-28(22)32-27(21)23(13-17)30(4,5)25-15-20(9-8-10-33)16-26(29(25)32)31(24,6)7/h11-16,19,33H,8-10H2,1-7H3. The van der Waals surface area contributed by atoms with Gasteiger partial charge in [-0.05, 0) is 65.6 Å². The van der Waals surface area contributed by atoms with Crippen molar-refractivity contribution in [1.82, 2.24) is 0 Å². The third-order valence-corrected chi connectivity index (χ3v) is 8.66. The molecule has 170 valence electrons. The van der Waals surface area contributed by atoms with Crippen molar-refractivity contribution >= 4 is 17.1 Å². The van der Waals surface area contributed by atoms with Gasteiger partial charge in [0.2, 0.25) is 0 Å². The Kier molecular flexibility index (Phi) is 4.14. The average molecular weight is 438 g/mol. The van der Waals surface area contributed by atoms with E-state index in [9.17, 15) is 5.11 Å². The largest absolute Gasteiger partial charge is 0.396 e. The van der Waals surface area contributed by atoms with Crippen molar-refractivity contribution in [3.63, 3.8) is 0 Å². The summed E-state index contributed by atoms with van der Waals surface area (Å²) in [5, 5.41) is 9.53. The molecule has 1 N–H and O–H groups in total. The number of anilines is 3. The molecular formula is C31H35NO. The van der Waals surface area contributed by atoms with Crippen LogP contribution < -0.4 is 4.90 Å². The lowest BCUT2D eigenvalue weighted by Crippen LogP contribution is -2.41. The highest BCUT2D eigenvalue weighted by molar-refractivity contribution is 5.97. The Labute approximate surface area is 198 Å². The van der Waals surface area contributed by atoms with Crippen LogP contribution >= 0.6 is 0 Å². The number of benzene rings is 3. The van der Waals surface area contributed by atoms with Gasteiger partial charge in [0.25, 0.3) is 0 Å². The molecule has 0 aromatic heterocycles. The molecule has 2 nitrogen and oxygen atoms in total. The molecule has 0 fully saturated rings. The Balaban J connectivity index is 1.79. The van der Waals surface area contributed by atoms with Gasteiger partial charge >= 0.3 is 0 Å². The molecule has 0 bridgehead atoms. The fourth-order valence-corrected chi connectivity index (χ4v) is 6.83. The summed E-state index contributed by atoms with van der Waals surface area (Å²) in [6.45, 7) is 16.7. The van der Waals surface area contributed by atoms with Crippen LogP contribution in [-0.2, 0) is 17.3 Å². The predicted molar refractivity (Wildman–Crippen MR) is 138 cm³/mol. The molecule has 33 heavy (non-hydrogen) atoms. The number of aliphatic hydroxyl groups excluding tert-OH is 1. The highest BCUT2D eigenvalue weighted by Gasteiger charge is 2.49. The lowest BCUT2D eigenvalue weighted by atomic mass is 9.62. The van der Waals surface area contributed by atoms with E-state index in [1.54, 1.807) is 0 Å². The molecule has 0 saturated heterocycles. The molecule has 3 heterocycles. The summed E-state index contributed by atoms with van der Waals surface area (Å²) in [7, 11) is 0. The van der Waals surface area contributed by atoms with Crippen molar-refractivity contribution in [1.29, 1.82) is 0 Å². The molecule has 0 spiro atoms. The van der Waals surface area contributed by atoms with Crippen molar-refractivity contribution in [2.75, 3.05) is 11.5 Å². The normalized spacial score (nSPS) is 18.4. The molecule has 3 aliphatic rings. The zero-order chi connectivity index (χ0) is 23.4. The van der Waals surface area contributed by atoms with Crippen molar-refractivity contribution in [3.8, 4) is 0 Å². The number of aryl methyl sites for hydroxylation is 3. The first kappa shape index (κ1) is 21.0. The molecule has 0 amide bonds. The maximum absolute atomic E-state index is 9.53. The first-order chi connectivity index (χ1) is 15.6. The fourth-order valence-electron chi connectivity index (χ4n) is 6.83. The third kappa shape index (κ3) is 2.53. The Morgan fingerprint density at radius 3 is 1.64 bits per heavy atom. The second-order valence-electron chi connectivity index (χ2n) is 11.7. The van der Waals surface area contributed by atoms with Gasteiger partial charge in [-0.1, -0.05) is 82.1 Å². The third-order valence-electron chi connectivity index (χ3n) is 8.66. The molecule has 6 rings (SSSR count). The summed E-state index contributed by atoms with van der Waals surface area (Å²) >= 11 is 0. The van der Waals surface area contributed by atoms with Gasteiger partial charge in [0.15, 0.2) is 0 Å². The van der Waals surface area contributed by atoms with E-state index >= 15 is 0 Å². The van der Waals surface area contributed by atoms with Crippen LogP contribution in [0.2, 0.25) is 0 Å². The molecule has 0 unspecified atom stereocenters. The van der Waals surface area contributed by atoms with Crippen molar-refractivity contribution in [2.45, 2.75) is 78.1 Å². The summed E-state index contributed by atoms with van der Waals surface area (Å²) in [5.74, 6) is 0.377. The van der Waals surface area contributed by atoms with Gasteiger partial charge in [0, 0.05) is 23.4 Å². The summed E-state index contributed by atoms with van der Waals surface area (Å²) in [6, 6.07) is 14.6. The summed E-state index contributed by atoms with van der Waals surface area (Å²) in [6.07, 6.45) is 1.72.